The second-order valence-electron chi connectivity index (χ2n) is 5.83. The van der Waals surface area contributed by atoms with Crippen LogP contribution in [0.1, 0.15) is 31.9 Å². The van der Waals surface area contributed by atoms with E-state index in [9.17, 15) is 9.18 Å². The molecule has 3 unspecified atom stereocenters. The first-order valence-corrected chi connectivity index (χ1v) is 7.24. The lowest BCUT2D eigenvalue weighted by atomic mass is 10.00. The van der Waals surface area contributed by atoms with Crippen molar-refractivity contribution >= 4 is 5.91 Å². The lowest BCUT2D eigenvalue weighted by Crippen LogP contribution is -2.38. The van der Waals surface area contributed by atoms with Crippen molar-refractivity contribution in [2.75, 3.05) is 20.1 Å². The maximum Gasteiger partial charge on any atom is 0.227 e. The molecule has 2 rings (SSSR count). The highest BCUT2D eigenvalue weighted by molar-refractivity contribution is 5.79. The Labute approximate surface area is 120 Å². The van der Waals surface area contributed by atoms with Crippen LogP contribution in [0.15, 0.2) is 24.3 Å². The second-order valence-corrected chi connectivity index (χ2v) is 5.83. The van der Waals surface area contributed by atoms with E-state index >= 15 is 0 Å². The van der Waals surface area contributed by atoms with Crippen LogP contribution in [0, 0.1) is 17.7 Å². The molecule has 1 saturated heterocycles. The normalized spacial score (nSPS) is 23.9. The van der Waals surface area contributed by atoms with Gasteiger partial charge < -0.3 is 10.2 Å². The molecule has 1 aromatic carbocycles. The average molecular weight is 278 g/mol. The van der Waals surface area contributed by atoms with Gasteiger partial charge in [-0.05, 0) is 25.5 Å². The second kappa shape index (κ2) is 6.35. The number of hydrogen-bond acceptors (Lipinski definition) is 2. The molecule has 1 fully saturated rings. The highest BCUT2D eigenvalue weighted by Gasteiger charge is 2.36. The van der Waals surface area contributed by atoms with E-state index < -0.39 is 0 Å². The van der Waals surface area contributed by atoms with Gasteiger partial charge in [-0.3, -0.25) is 4.79 Å². The van der Waals surface area contributed by atoms with Gasteiger partial charge in [0, 0.05) is 24.6 Å². The summed E-state index contributed by atoms with van der Waals surface area (Å²) >= 11 is 0. The smallest absolute Gasteiger partial charge is 0.227 e. The van der Waals surface area contributed by atoms with Gasteiger partial charge in [0.05, 0.1) is 6.04 Å². The lowest BCUT2D eigenvalue weighted by molar-refractivity contribution is -0.136. The number of likely N-dealkylation sites (tertiary alicyclic amines) is 1. The Morgan fingerprint density at radius 2 is 2.20 bits per heavy atom. The van der Waals surface area contributed by atoms with Gasteiger partial charge in [0.25, 0.3) is 0 Å². The molecule has 110 valence electrons. The molecule has 1 aromatic rings. The Morgan fingerprint density at radius 3 is 2.85 bits per heavy atom. The number of carbonyl (C=O) groups is 1. The predicted octanol–water partition coefficient (Wildman–Crippen LogP) is 2.59. The van der Waals surface area contributed by atoms with Gasteiger partial charge in [0.2, 0.25) is 5.91 Å². The summed E-state index contributed by atoms with van der Waals surface area (Å²) in [5.41, 5.74) is 0.641. The van der Waals surface area contributed by atoms with Crippen molar-refractivity contribution < 1.29 is 9.18 Å². The van der Waals surface area contributed by atoms with Crippen molar-refractivity contribution in [3.63, 3.8) is 0 Å². The number of benzene rings is 1. The summed E-state index contributed by atoms with van der Waals surface area (Å²) < 4.78 is 14.0. The first-order chi connectivity index (χ1) is 9.54. The first kappa shape index (κ1) is 15.0. The molecule has 0 bridgehead atoms. The van der Waals surface area contributed by atoms with Crippen LogP contribution < -0.4 is 5.32 Å². The van der Waals surface area contributed by atoms with E-state index in [1.165, 1.54) is 6.07 Å². The fourth-order valence-corrected chi connectivity index (χ4v) is 3.01. The first-order valence-electron chi connectivity index (χ1n) is 7.24. The Bertz CT molecular complexity index is 477. The van der Waals surface area contributed by atoms with E-state index in [4.69, 9.17) is 0 Å². The highest BCUT2D eigenvalue weighted by atomic mass is 19.1. The maximum atomic E-state index is 14.0. The summed E-state index contributed by atoms with van der Waals surface area (Å²) in [6.07, 6.45) is 0.832. The number of hydrogen-bond donors (Lipinski definition) is 1. The van der Waals surface area contributed by atoms with Crippen LogP contribution in [0.5, 0.6) is 0 Å². The highest BCUT2D eigenvalue weighted by Crippen LogP contribution is 2.37. The molecule has 1 heterocycles. The van der Waals surface area contributed by atoms with Gasteiger partial charge in [-0.25, -0.2) is 4.39 Å². The maximum absolute atomic E-state index is 14.0. The van der Waals surface area contributed by atoms with Crippen LogP contribution in [-0.4, -0.2) is 30.9 Å². The molecule has 1 aliphatic rings. The van der Waals surface area contributed by atoms with E-state index in [0.717, 1.165) is 6.42 Å². The van der Waals surface area contributed by atoms with Crippen LogP contribution in [0.4, 0.5) is 4.39 Å². The summed E-state index contributed by atoms with van der Waals surface area (Å²) in [6.45, 7) is 5.39. The SMILES string of the molecule is CNCC(C)C(=O)N1CC(C)CC1c1ccccc1F. The summed E-state index contributed by atoms with van der Waals surface area (Å²) in [5.74, 6) is 0.215. The van der Waals surface area contributed by atoms with Gasteiger partial charge in [0.1, 0.15) is 5.82 Å². The minimum Gasteiger partial charge on any atom is -0.335 e. The molecule has 1 amide bonds. The molecular formula is C16H23FN2O. The van der Waals surface area contributed by atoms with Crippen LogP contribution in [0.25, 0.3) is 0 Å². The molecule has 0 spiro atoms. The lowest BCUT2D eigenvalue weighted by Gasteiger charge is -2.28. The zero-order chi connectivity index (χ0) is 14.7. The fraction of sp³-hybridized carbons (Fsp3) is 0.562. The summed E-state index contributed by atoms with van der Waals surface area (Å²) in [7, 11) is 1.84. The molecule has 3 nitrogen and oxygen atoms in total. The molecule has 0 aliphatic carbocycles. The van der Waals surface area contributed by atoms with E-state index in [1.54, 1.807) is 12.1 Å². The molecule has 4 heteroatoms. The molecule has 0 saturated carbocycles. The third-order valence-electron chi connectivity index (χ3n) is 3.99. The number of carbonyl (C=O) groups excluding carboxylic acids is 1. The Hall–Kier alpha value is -1.42. The summed E-state index contributed by atoms with van der Waals surface area (Å²) in [5, 5.41) is 3.03. The van der Waals surface area contributed by atoms with Crippen molar-refractivity contribution in [3.8, 4) is 0 Å². The van der Waals surface area contributed by atoms with Crippen LogP contribution in [-0.2, 0) is 4.79 Å². The zero-order valence-electron chi connectivity index (χ0n) is 12.4. The quantitative estimate of drug-likeness (QED) is 0.918. The van der Waals surface area contributed by atoms with Gasteiger partial charge >= 0.3 is 0 Å². The monoisotopic (exact) mass is 278 g/mol. The number of rotatable bonds is 4. The van der Waals surface area contributed by atoms with Gasteiger partial charge in [-0.2, -0.15) is 0 Å². The fourth-order valence-electron chi connectivity index (χ4n) is 3.01. The van der Waals surface area contributed by atoms with Gasteiger partial charge in [-0.1, -0.05) is 32.0 Å². The van der Waals surface area contributed by atoms with E-state index in [0.29, 0.717) is 24.6 Å². The number of amides is 1. The van der Waals surface area contributed by atoms with Crippen LogP contribution in [0.2, 0.25) is 0 Å². The van der Waals surface area contributed by atoms with Gasteiger partial charge in [-0.15, -0.1) is 0 Å². The van der Waals surface area contributed by atoms with Crippen LogP contribution >= 0.6 is 0 Å². The van der Waals surface area contributed by atoms with Crippen molar-refractivity contribution in [2.45, 2.75) is 26.3 Å². The number of nitrogens with one attached hydrogen (secondary N) is 1. The Kier molecular flexibility index (Phi) is 4.76. The molecule has 0 aromatic heterocycles. The topological polar surface area (TPSA) is 32.3 Å². The van der Waals surface area contributed by atoms with Crippen molar-refractivity contribution in [3.05, 3.63) is 35.6 Å². The summed E-state index contributed by atoms with van der Waals surface area (Å²) in [4.78, 5) is 14.4. The average Bonchev–Trinajstić information content (AvgIpc) is 2.80. The Morgan fingerprint density at radius 1 is 1.50 bits per heavy atom. The molecule has 3 atom stereocenters. The predicted molar refractivity (Wildman–Crippen MR) is 77.7 cm³/mol. The third kappa shape index (κ3) is 3.01. The van der Waals surface area contributed by atoms with Crippen molar-refractivity contribution in [1.82, 2.24) is 10.2 Å². The van der Waals surface area contributed by atoms with Crippen molar-refractivity contribution in [1.29, 1.82) is 0 Å². The minimum atomic E-state index is -0.217. The molecule has 1 aliphatic heterocycles. The van der Waals surface area contributed by atoms with Gasteiger partial charge in [0.15, 0.2) is 0 Å². The number of nitrogens with zero attached hydrogens (tertiary/aromatic N) is 1. The van der Waals surface area contributed by atoms with E-state index in [-0.39, 0.29) is 23.7 Å². The minimum absolute atomic E-state index is 0.0837. The van der Waals surface area contributed by atoms with Crippen LogP contribution in [0.3, 0.4) is 0 Å². The third-order valence-corrected chi connectivity index (χ3v) is 3.99. The number of halogens is 1. The zero-order valence-corrected chi connectivity index (χ0v) is 12.4. The molecule has 0 radical (unpaired) electrons. The van der Waals surface area contributed by atoms with Crippen molar-refractivity contribution in [2.24, 2.45) is 11.8 Å². The standard InChI is InChI=1S/C16H23FN2O/c1-11-8-15(13-6-4-5-7-14(13)17)19(10-11)16(20)12(2)9-18-3/h4-7,11-12,15,18H,8-10H2,1-3H3. The van der Waals surface area contributed by atoms with E-state index in [2.05, 4.69) is 12.2 Å². The largest absolute Gasteiger partial charge is 0.335 e. The van der Waals surface area contributed by atoms with E-state index in [1.807, 2.05) is 24.9 Å². The Balaban J connectivity index is 2.23. The molecular weight excluding hydrogens is 255 g/mol. The molecule has 20 heavy (non-hydrogen) atoms. The summed E-state index contributed by atoms with van der Waals surface area (Å²) in [6, 6.07) is 6.66. The molecule has 1 N–H and O–H groups in total.